The van der Waals surface area contributed by atoms with Crippen molar-refractivity contribution < 1.29 is 4.74 Å². The molecular formula is C14H18N4O. The van der Waals surface area contributed by atoms with Crippen LogP contribution in [0.5, 0.6) is 5.75 Å². The zero-order valence-corrected chi connectivity index (χ0v) is 11.0. The van der Waals surface area contributed by atoms with E-state index in [2.05, 4.69) is 27.2 Å². The van der Waals surface area contributed by atoms with E-state index in [4.69, 9.17) is 10.5 Å². The van der Waals surface area contributed by atoms with E-state index in [-0.39, 0.29) is 0 Å². The zero-order valence-electron chi connectivity index (χ0n) is 11.0. The van der Waals surface area contributed by atoms with Crippen molar-refractivity contribution in [1.82, 2.24) is 10.2 Å². The predicted octanol–water partition coefficient (Wildman–Crippen LogP) is 2.27. The highest BCUT2D eigenvalue weighted by Gasteiger charge is 2.16. The van der Waals surface area contributed by atoms with Crippen molar-refractivity contribution in [2.45, 2.75) is 12.8 Å². The van der Waals surface area contributed by atoms with Crippen LogP contribution in [0.15, 0.2) is 24.4 Å². The number of H-pyrrole nitrogens is 1. The molecule has 2 heterocycles. The molecule has 1 aromatic heterocycles. The van der Waals surface area contributed by atoms with E-state index < -0.39 is 0 Å². The molecule has 1 aromatic carbocycles. The Hall–Kier alpha value is -2.17. The summed E-state index contributed by atoms with van der Waals surface area (Å²) in [7, 11) is 1.67. The van der Waals surface area contributed by atoms with Crippen molar-refractivity contribution in [3.8, 4) is 16.9 Å². The lowest BCUT2D eigenvalue weighted by Crippen LogP contribution is -2.17. The number of aromatic nitrogens is 2. The highest BCUT2D eigenvalue weighted by atomic mass is 16.5. The highest BCUT2D eigenvalue weighted by Crippen LogP contribution is 2.36. The molecule has 0 saturated carbocycles. The van der Waals surface area contributed by atoms with Crippen LogP contribution in [0, 0.1) is 0 Å². The quantitative estimate of drug-likeness (QED) is 0.886. The number of hydrogen-bond acceptors (Lipinski definition) is 4. The first-order valence-corrected chi connectivity index (χ1v) is 6.52. The fraction of sp³-hybridized carbons (Fsp3) is 0.357. The van der Waals surface area contributed by atoms with Gasteiger partial charge < -0.3 is 15.4 Å². The second-order valence-electron chi connectivity index (χ2n) is 4.78. The molecule has 0 aliphatic carbocycles. The van der Waals surface area contributed by atoms with E-state index in [1.807, 2.05) is 6.07 Å². The first kappa shape index (κ1) is 11.9. The van der Waals surface area contributed by atoms with Gasteiger partial charge in [0.2, 0.25) is 0 Å². The third kappa shape index (κ3) is 2.12. The average molecular weight is 258 g/mol. The monoisotopic (exact) mass is 258 g/mol. The number of nitrogens with zero attached hydrogens (tertiary/aromatic N) is 2. The van der Waals surface area contributed by atoms with Crippen LogP contribution in [0.4, 0.5) is 11.5 Å². The second-order valence-corrected chi connectivity index (χ2v) is 4.78. The number of benzene rings is 1. The minimum Gasteiger partial charge on any atom is -0.496 e. The maximum absolute atomic E-state index is 5.91. The Morgan fingerprint density at radius 1 is 1.26 bits per heavy atom. The predicted molar refractivity (Wildman–Crippen MR) is 76.4 cm³/mol. The number of nitrogens with one attached hydrogen (secondary N) is 1. The van der Waals surface area contributed by atoms with Crippen molar-refractivity contribution in [3.05, 3.63) is 24.4 Å². The highest BCUT2D eigenvalue weighted by molar-refractivity contribution is 5.80. The summed E-state index contributed by atoms with van der Waals surface area (Å²) in [6, 6.07) is 6.23. The molecule has 19 heavy (non-hydrogen) atoms. The number of nitrogens with two attached hydrogens (primary N) is 1. The van der Waals surface area contributed by atoms with Gasteiger partial charge in [-0.15, -0.1) is 0 Å². The van der Waals surface area contributed by atoms with Crippen LogP contribution in [-0.4, -0.2) is 30.4 Å². The fourth-order valence-corrected chi connectivity index (χ4v) is 2.59. The van der Waals surface area contributed by atoms with Gasteiger partial charge in [-0.3, -0.25) is 5.10 Å². The molecule has 3 rings (SSSR count). The summed E-state index contributed by atoms with van der Waals surface area (Å²) in [5.41, 5.74) is 9.00. The van der Waals surface area contributed by atoms with Crippen molar-refractivity contribution in [3.63, 3.8) is 0 Å². The number of aromatic amines is 1. The van der Waals surface area contributed by atoms with E-state index >= 15 is 0 Å². The van der Waals surface area contributed by atoms with Gasteiger partial charge in [-0.1, -0.05) is 0 Å². The standard InChI is InChI=1S/C14H18N4O/c1-19-13-5-4-10(18-6-2-3-7-18)8-11(13)12-9-16-17-14(12)15/h4-5,8-9H,2-3,6-7H2,1H3,(H3,15,16,17). The molecular weight excluding hydrogens is 240 g/mol. The van der Waals surface area contributed by atoms with Crippen LogP contribution >= 0.6 is 0 Å². The fourth-order valence-electron chi connectivity index (χ4n) is 2.59. The number of hydrogen-bond donors (Lipinski definition) is 2. The summed E-state index contributed by atoms with van der Waals surface area (Å²) in [6.07, 6.45) is 4.26. The molecule has 0 atom stereocenters. The van der Waals surface area contributed by atoms with Crippen molar-refractivity contribution in [2.24, 2.45) is 0 Å². The summed E-state index contributed by atoms with van der Waals surface area (Å²) >= 11 is 0. The maximum atomic E-state index is 5.91. The molecule has 5 heteroatoms. The van der Waals surface area contributed by atoms with Gasteiger partial charge in [0.25, 0.3) is 0 Å². The molecule has 3 N–H and O–H groups in total. The maximum Gasteiger partial charge on any atom is 0.127 e. The van der Waals surface area contributed by atoms with Crippen LogP contribution in [0.25, 0.3) is 11.1 Å². The van der Waals surface area contributed by atoms with Gasteiger partial charge in [0.1, 0.15) is 11.6 Å². The normalized spacial score (nSPS) is 14.9. The van der Waals surface area contributed by atoms with Gasteiger partial charge in [-0.25, -0.2) is 0 Å². The molecule has 0 radical (unpaired) electrons. The number of methoxy groups -OCH3 is 1. The van der Waals surface area contributed by atoms with Gasteiger partial charge in [0, 0.05) is 29.9 Å². The van der Waals surface area contributed by atoms with Crippen molar-refractivity contribution >= 4 is 11.5 Å². The second kappa shape index (κ2) is 4.84. The molecule has 0 bridgehead atoms. The number of ether oxygens (including phenoxy) is 1. The summed E-state index contributed by atoms with van der Waals surface area (Å²) in [5, 5.41) is 6.75. The summed E-state index contributed by atoms with van der Waals surface area (Å²) < 4.78 is 5.43. The number of rotatable bonds is 3. The summed E-state index contributed by atoms with van der Waals surface area (Å²) in [4.78, 5) is 2.39. The largest absolute Gasteiger partial charge is 0.496 e. The lowest BCUT2D eigenvalue weighted by molar-refractivity contribution is 0.416. The van der Waals surface area contributed by atoms with Crippen molar-refractivity contribution in [2.75, 3.05) is 30.8 Å². The summed E-state index contributed by atoms with van der Waals surface area (Å²) in [5.74, 6) is 1.38. The Kier molecular flexibility index (Phi) is 3.03. The van der Waals surface area contributed by atoms with Crippen LogP contribution in [0.3, 0.4) is 0 Å². The molecule has 1 aliphatic rings. The molecule has 0 spiro atoms. The average Bonchev–Trinajstić information content (AvgIpc) is 3.09. The summed E-state index contributed by atoms with van der Waals surface area (Å²) in [6.45, 7) is 2.24. The third-order valence-electron chi connectivity index (χ3n) is 3.61. The molecule has 5 nitrogen and oxygen atoms in total. The van der Waals surface area contributed by atoms with Gasteiger partial charge in [0.15, 0.2) is 0 Å². The third-order valence-corrected chi connectivity index (χ3v) is 3.61. The topological polar surface area (TPSA) is 67.2 Å². The Morgan fingerprint density at radius 3 is 2.68 bits per heavy atom. The SMILES string of the molecule is COc1ccc(N2CCCC2)cc1-c1cn[nH]c1N. The van der Waals surface area contributed by atoms with Gasteiger partial charge >= 0.3 is 0 Å². The minimum absolute atomic E-state index is 0.567. The van der Waals surface area contributed by atoms with E-state index in [1.165, 1.54) is 18.5 Å². The van der Waals surface area contributed by atoms with Crippen LogP contribution in [0.1, 0.15) is 12.8 Å². The Balaban J connectivity index is 2.05. The Labute approximate surface area is 112 Å². The molecule has 0 unspecified atom stereocenters. The first-order valence-electron chi connectivity index (χ1n) is 6.52. The number of nitrogen functional groups attached to an aromatic ring is 1. The Bertz CT molecular complexity index is 573. The smallest absolute Gasteiger partial charge is 0.127 e. The van der Waals surface area contributed by atoms with Gasteiger partial charge in [-0.05, 0) is 31.0 Å². The zero-order chi connectivity index (χ0) is 13.2. The minimum atomic E-state index is 0.567. The Morgan fingerprint density at radius 2 is 2.05 bits per heavy atom. The van der Waals surface area contributed by atoms with Crippen LogP contribution < -0.4 is 15.4 Å². The first-order chi connectivity index (χ1) is 9.29. The molecule has 1 aliphatic heterocycles. The number of anilines is 2. The lowest BCUT2D eigenvalue weighted by atomic mass is 10.1. The van der Waals surface area contributed by atoms with Crippen LogP contribution in [0.2, 0.25) is 0 Å². The molecule has 2 aromatic rings. The van der Waals surface area contributed by atoms with Gasteiger partial charge in [0.05, 0.1) is 13.3 Å². The van der Waals surface area contributed by atoms with Crippen molar-refractivity contribution in [1.29, 1.82) is 0 Å². The lowest BCUT2D eigenvalue weighted by Gasteiger charge is -2.19. The molecule has 0 amide bonds. The van der Waals surface area contributed by atoms with E-state index in [0.717, 1.165) is 30.0 Å². The van der Waals surface area contributed by atoms with E-state index in [9.17, 15) is 0 Å². The van der Waals surface area contributed by atoms with E-state index in [1.54, 1.807) is 13.3 Å². The van der Waals surface area contributed by atoms with Crippen LogP contribution in [-0.2, 0) is 0 Å². The van der Waals surface area contributed by atoms with Gasteiger partial charge in [-0.2, -0.15) is 5.10 Å². The van der Waals surface area contributed by atoms with E-state index in [0.29, 0.717) is 5.82 Å². The molecule has 1 saturated heterocycles. The molecule has 1 fully saturated rings. The molecule has 100 valence electrons.